The zero-order chi connectivity index (χ0) is 32.8. The van der Waals surface area contributed by atoms with Gasteiger partial charge in [0.1, 0.15) is 11.5 Å². The zero-order valence-electron chi connectivity index (χ0n) is 26.7. The molecule has 0 aliphatic heterocycles. The molecule has 48 heavy (non-hydrogen) atoms. The van der Waals surface area contributed by atoms with Crippen LogP contribution < -0.4 is 0 Å². The monoisotopic (exact) mass is 634 g/mol. The molecule has 10 heteroatoms. The molecule has 0 fully saturated rings. The molecule has 9 rings (SSSR count). The van der Waals surface area contributed by atoms with E-state index in [0.717, 1.165) is 92.1 Å². The van der Waals surface area contributed by atoms with E-state index < -0.39 is 0 Å². The Bertz CT molecular complexity index is 2450. The maximum Gasteiger partial charge on any atom is 0.160 e. The summed E-state index contributed by atoms with van der Waals surface area (Å²) in [5, 5.41) is 37.7. The lowest BCUT2D eigenvalue weighted by molar-refractivity contribution is 0.475. The van der Waals surface area contributed by atoms with Crippen molar-refractivity contribution in [2.75, 3.05) is 0 Å². The minimum Gasteiger partial charge on any atom is -0.508 e. The van der Waals surface area contributed by atoms with Crippen LogP contribution >= 0.6 is 0 Å². The van der Waals surface area contributed by atoms with Crippen LogP contribution in [-0.4, -0.2) is 50.5 Å². The predicted molar refractivity (Wildman–Crippen MR) is 188 cm³/mol. The van der Waals surface area contributed by atoms with E-state index in [1.165, 1.54) is 35.1 Å². The number of aromatic amines is 2. The van der Waals surface area contributed by atoms with Crippen LogP contribution in [-0.2, 0) is 19.3 Å². The van der Waals surface area contributed by atoms with Crippen molar-refractivity contribution in [3.8, 4) is 34.0 Å². The van der Waals surface area contributed by atoms with Crippen LogP contribution in [0, 0.1) is 6.92 Å². The lowest BCUT2D eigenvalue weighted by Gasteiger charge is -2.21. The van der Waals surface area contributed by atoms with E-state index in [1.807, 2.05) is 36.7 Å². The topological polar surface area (TPSA) is 149 Å². The molecule has 1 aliphatic rings. The second-order valence-corrected chi connectivity index (χ2v) is 12.3. The third kappa shape index (κ3) is 5.06. The first-order chi connectivity index (χ1) is 23.5. The smallest absolute Gasteiger partial charge is 0.160 e. The average molecular weight is 635 g/mol. The van der Waals surface area contributed by atoms with Gasteiger partial charge in [-0.2, -0.15) is 10.2 Å². The van der Waals surface area contributed by atoms with E-state index in [0.29, 0.717) is 0 Å². The molecule has 2 aromatic carbocycles. The molecule has 0 bridgehead atoms. The summed E-state index contributed by atoms with van der Waals surface area (Å²) in [6.45, 7) is 4.32. The second kappa shape index (κ2) is 12.0. The van der Waals surface area contributed by atoms with Gasteiger partial charge in [0.15, 0.2) is 11.3 Å². The van der Waals surface area contributed by atoms with Crippen molar-refractivity contribution in [3.63, 3.8) is 0 Å². The van der Waals surface area contributed by atoms with Crippen LogP contribution in [0.5, 0.6) is 11.5 Å². The minimum absolute atomic E-state index is 0.259. The molecule has 4 N–H and O–H groups in total. The van der Waals surface area contributed by atoms with Crippen molar-refractivity contribution in [1.29, 1.82) is 0 Å². The number of benzene rings is 2. The van der Waals surface area contributed by atoms with Crippen LogP contribution in [0.3, 0.4) is 0 Å². The van der Waals surface area contributed by atoms with Gasteiger partial charge in [0, 0.05) is 32.7 Å². The summed E-state index contributed by atoms with van der Waals surface area (Å²) < 4.78 is 0. The van der Waals surface area contributed by atoms with E-state index in [4.69, 9.17) is 9.97 Å². The van der Waals surface area contributed by atoms with Crippen LogP contribution in [0.15, 0.2) is 73.3 Å². The number of fused-ring (bicyclic) bond motifs is 8. The predicted octanol–water partition coefficient (Wildman–Crippen LogP) is 7.90. The number of aromatic hydroxyl groups is 2. The molecule has 0 saturated carbocycles. The molecule has 0 unspecified atom stereocenters. The fourth-order valence-electron chi connectivity index (χ4n) is 7.06. The molecule has 238 valence electrons. The summed E-state index contributed by atoms with van der Waals surface area (Å²) in [7, 11) is 0. The first-order valence-corrected chi connectivity index (χ1v) is 16.3. The Hall–Kier alpha value is -5.90. The molecule has 10 nitrogen and oxygen atoms in total. The SMILES string of the molecule is CCCc1c(-c2ccc(O)cc2)nc2cnc3[nH]ncc3c2c1C.Oc1ccc(-c2nc3ncc4[nH]ncc4c3c3c2CCCC3)cc1. The quantitative estimate of drug-likeness (QED) is 0.153. The van der Waals surface area contributed by atoms with Gasteiger partial charge >= 0.3 is 0 Å². The molecule has 6 aromatic heterocycles. The number of rotatable bonds is 4. The Balaban J connectivity index is 0.000000140. The van der Waals surface area contributed by atoms with Crippen molar-refractivity contribution in [3.05, 3.63) is 95.6 Å². The summed E-state index contributed by atoms with van der Waals surface area (Å²) >= 11 is 0. The molecule has 0 radical (unpaired) electrons. The fraction of sp³-hybridized carbons (Fsp3) is 0.211. The summed E-state index contributed by atoms with van der Waals surface area (Å²) in [5.41, 5.74) is 12.5. The number of nitrogens with one attached hydrogen (secondary N) is 2. The third-order valence-corrected chi connectivity index (χ3v) is 9.34. The number of hydrogen-bond donors (Lipinski definition) is 4. The summed E-state index contributed by atoms with van der Waals surface area (Å²) in [5.74, 6) is 0.529. The number of H-pyrrole nitrogens is 2. The molecule has 8 aromatic rings. The Morgan fingerprint density at radius 2 is 1.35 bits per heavy atom. The average Bonchev–Trinajstić information content (AvgIpc) is 3.80. The zero-order valence-corrected chi connectivity index (χ0v) is 26.7. The first kappa shape index (κ1) is 29.5. The van der Waals surface area contributed by atoms with Gasteiger partial charge in [0.05, 0.1) is 47.2 Å². The van der Waals surface area contributed by atoms with E-state index in [-0.39, 0.29) is 11.5 Å². The van der Waals surface area contributed by atoms with Gasteiger partial charge in [-0.1, -0.05) is 13.3 Å². The van der Waals surface area contributed by atoms with Crippen LogP contribution in [0.4, 0.5) is 0 Å². The lowest BCUT2D eigenvalue weighted by Crippen LogP contribution is -2.08. The number of pyridine rings is 4. The maximum atomic E-state index is 9.57. The first-order valence-electron chi connectivity index (χ1n) is 16.3. The van der Waals surface area contributed by atoms with E-state index in [9.17, 15) is 10.2 Å². The number of phenols is 2. The molecular formula is C38H34N8O2. The number of aromatic nitrogens is 8. The Morgan fingerprint density at radius 3 is 2.08 bits per heavy atom. The highest BCUT2D eigenvalue weighted by molar-refractivity contribution is 6.06. The Kier molecular flexibility index (Phi) is 7.40. The van der Waals surface area contributed by atoms with Crippen LogP contribution in [0.2, 0.25) is 0 Å². The van der Waals surface area contributed by atoms with Gasteiger partial charge in [-0.05, 0) is 110 Å². The number of nitrogens with zero attached hydrogens (tertiary/aromatic N) is 6. The van der Waals surface area contributed by atoms with Gasteiger partial charge in [-0.25, -0.2) is 19.9 Å². The standard InChI is InChI=1S/C19H16N4O.C19H18N4O/c24-12-7-5-11(6-8-12)18-14-4-2-1-3-13(14)17-15-9-21-23-16(15)10-20-19(17)22-18;1-3-4-14-11(2)17-15-9-21-23-19(15)20-10-16(17)22-18(14)12-5-7-13(24)8-6-12/h5-10,24H,1-4H2,(H,21,23);5-10,24H,3-4H2,1-2H3,(H,20,21,23). The highest BCUT2D eigenvalue weighted by Crippen LogP contribution is 2.38. The lowest BCUT2D eigenvalue weighted by atomic mass is 9.86. The number of aryl methyl sites for hydroxylation is 2. The van der Waals surface area contributed by atoms with E-state index in [1.54, 1.807) is 36.7 Å². The number of hydrogen-bond acceptors (Lipinski definition) is 8. The summed E-state index contributed by atoms with van der Waals surface area (Å²) in [6, 6.07) is 14.5. The molecule has 0 amide bonds. The fourth-order valence-corrected chi connectivity index (χ4v) is 7.06. The third-order valence-electron chi connectivity index (χ3n) is 9.34. The van der Waals surface area contributed by atoms with Gasteiger partial charge < -0.3 is 10.2 Å². The highest BCUT2D eigenvalue weighted by Gasteiger charge is 2.22. The van der Waals surface area contributed by atoms with Crippen molar-refractivity contribution >= 4 is 43.9 Å². The highest BCUT2D eigenvalue weighted by atomic mass is 16.3. The van der Waals surface area contributed by atoms with Crippen molar-refractivity contribution in [1.82, 2.24) is 40.3 Å². The molecular weight excluding hydrogens is 600 g/mol. The second-order valence-electron chi connectivity index (χ2n) is 12.3. The Labute approximate surface area is 276 Å². The van der Waals surface area contributed by atoms with Gasteiger partial charge in [-0.15, -0.1) is 0 Å². The van der Waals surface area contributed by atoms with E-state index >= 15 is 0 Å². The van der Waals surface area contributed by atoms with Crippen molar-refractivity contribution in [2.24, 2.45) is 0 Å². The molecule has 0 atom stereocenters. The summed E-state index contributed by atoms with van der Waals surface area (Å²) in [4.78, 5) is 18.8. The molecule has 6 heterocycles. The largest absolute Gasteiger partial charge is 0.508 e. The maximum absolute atomic E-state index is 9.57. The van der Waals surface area contributed by atoms with Gasteiger partial charge in [0.25, 0.3) is 0 Å². The van der Waals surface area contributed by atoms with Crippen LogP contribution in [0.1, 0.15) is 48.4 Å². The van der Waals surface area contributed by atoms with Crippen LogP contribution in [0.25, 0.3) is 66.4 Å². The van der Waals surface area contributed by atoms with Crippen molar-refractivity contribution < 1.29 is 10.2 Å². The van der Waals surface area contributed by atoms with Gasteiger partial charge in [-0.3, -0.25) is 10.2 Å². The molecule has 0 saturated heterocycles. The Morgan fingerprint density at radius 1 is 0.688 bits per heavy atom. The van der Waals surface area contributed by atoms with E-state index in [2.05, 4.69) is 44.2 Å². The minimum atomic E-state index is 0.259. The van der Waals surface area contributed by atoms with Gasteiger partial charge in [0.2, 0.25) is 0 Å². The summed E-state index contributed by atoms with van der Waals surface area (Å²) in [6.07, 6.45) is 13.7. The van der Waals surface area contributed by atoms with Crippen molar-refractivity contribution in [2.45, 2.75) is 52.4 Å². The normalized spacial score (nSPS) is 12.8. The number of phenolic OH excluding ortho intramolecular Hbond substituents is 2. The molecule has 0 spiro atoms. The molecule has 1 aliphatic carbocycles.